The van der Waals surface area contributed by atoms with Gasteiger partial charge in [-0.1, -0.05) is 59.3 Å². The van der Waals surface area contributed by atoms with Crippen LogP contribution in [0.5, 0.6) is 5.75 Å². The number of hydrogen-bond donors (Lipinski definition) is 0. The van der Waals surface area contributed by atoms with Gasteiger partial charge in [0.25, 0.3) is 0 Å². The Kier molecular flexibility index (Phi) is 10.7. The van der Waals surface area contributed by atoms with Crippen molar-refractivity contribution in [2.75, 3.05) is 0 Å². The Hall–Kier alpha value is -2.74. The number of ether oxygens (including phenoxy) is 1. The van der Waals surface area contributed by atoms with Crippen molar-refractivity contribution in [3.63, 3.8) is 0 Å². The molecule has 0 saturated carbocycles. The van der Waals surface area contributed by atoms with Crippen LogP contribution >= 0.6 is 0 Å². The molecule has 0 amide bonds. The minimum Gasteiger partial charge on any atom is -0.426 e. The van der Waals surface area contributed by atoms with Crippen molar-refractivity contribution in [2.45, 2.75) is 78.6 Å². The number of carbonyl (C=O) groups is 1. The third-order valence-electron chi connectivity index (χ3n) is 5.60. The van der Waals surface area contributed by atoms with Gasteiger partial charge in [-0.05, 0) is 49.1 Å². The van der Waals surface area contributed by atoms with E-state index in [0.29, 0.717) is 18.0 Å². The van der Waals surface area contributed by atoms with Crippen LogP contribution in [0.15, 0.2) is 36.7 Å². The van der Waals surface area contributed by atoms with Gasteiger partial charge in [-0.25, -0.2) is 9.97 Å². The molecule has 1 heterocycles. The van der Waals surface area contributed by atoms with Crippen LogP contribution in [0.2, 0.25) is 0 Å². The van der Waals surface area contributed by atoms with Gasteiger partial charge in [-0.3, -0.25) is 4.79 Å². The van der Waals surface area contributed by atoms with E-state index in [9.17, 15) is 10.1 Å². The number of rotatable bonds is 13. The summed E-state index contributed by atoms with van der Waals surface area (Å²) in [7, 11) is 0. The van der Waals surface area contributed by atoms with Crippen molar-refractivity contribution < 1.29 is 9.53 Å². The van der Waals surface area contributed by atoms with Crippen LogP contribution < -0.4 is 4.74 Å². The molecule has 5 nitrogen and oxygen atoms in total. The molecule has 2 unspecified atom stereocenters. The maximum absolute atomic E-state index is 12.3. The van der Waals surface area contributed by atoms with Crippen molar-refractivity contribution >= 4 is 5.97 Å². The molecule has 5 heteroatoms. The zero-order valence-corrected chi connectivity index (χ0v) is 19.1. The second-order valence-corrected chi connectivity index (χ2v) is 8.19. The highest BCUT2D eigenvalue weighted by molar-refractivity contribution is 5.75. The summed E-state index contributed by atoms with van der Waals surface area (Å²) < 4.78 is 5.46. The Morgan fingerprint density at radius 1 is 1.00 bits per heavy atom. The van der Waals surface area contributed by atoms with Crippen LogP contribution in [-0.4, -0.2) is 15.9 Å². The zero-order valence-electron chi connectivity index (χ0n) is 19.1. The number of carbonyl (C=O) groups excluding carboxylic acids is 1. The molecule has 0 aliphatic heterocycles. The Bertz CT molecular complexity index is 825. The Morgan fingerprint density at radius 2 is 1.65 bits per heavy atom. The minimum atomic E-state index is -0.452. The molecule has 0 aliphatic rings. The standard InChI is InChI=1S/C26H35N3O2/c1-4-6-7-8-9-10-12-21-18-28-25(29-19-21)22-13-15-24(16-14-22)31-26(30)20(3)23(17-27)11-5-2/h13-16,18-20,23H,4-12H2,1-3H3. The molecule has 2 aromatic rings. The third-order valence-corrected chi connectivity index (χ3v) is 5.60. The van der Waals surface area contributed by atoms with E-state index in [1.54, 1.807) is 19.1 Å². The predicted octanol–water partition coefficient (Wildman–Crippen LogP) is 6.53. The molecule has 31 heavy (non-hydrogen) atoms. The Labute approximate surface area is 186 Å². The van der Waals surface area contributed by atoms with Crippen molar-refractivity contribution in [3.05, 3.63) is 42.2 Å². The number of hydrogen-bond acceptors (Lipinski definition) is 5. The van der Waals surface area contributed by atoms with Crippen LogP contribution in [-0.2, 0) is 11.2 Å². The van der Waals surface area contributed by atoms with E-state index in [4.69, 9.17) is 4.74 Å². The highest BCUT2D eigenvalue weighted by Crippen LogP contribution is 2.23. The fraction of sp³-hybridized carbons (Fsp3) is 0.538. The number of aromatic nitrogens is 2. The van der Waals surface area contributed by atoms with Crippen LogP contribution in [0.25, 0.3) is 11.4 Å². The van der Waals surface area contributed by atoms with Gasteiger partial charge in [0.05, 0.1) is 17.9 Å². The number of nitriles is 1. The molecule has 2 atom stereocenters. The quantitative estimate of drug-likeness (QED) is 0.209. The van der Waals surface area contributed by atoms with Crippen LogP contribution in [0.1, 0.15) is 77.7 Å². The van der Waals surface area contributed by atoms with Gasteiger partial charge in [0.1, 0.15) is 5.75 Å². The van der Waals surface area contributed by atoms with Gasteiger partial charge in [-0.2, -0.15) is 5.26 Å². The largest absolute Gasteiger partial charge is 0.426 e. The van der Waals surface area contributed by atoms with E-state index in [-0.39, 0.29) is 11.9 Å². The monoisotopic (exact) mass is 421 g/mol. The normalized spacial score (nSPS) is 12.7. The molecule has 0 spiro atoms. The highest BCUT2D eigenvalue weighted by Gasteiger charge is 2.25. The van der Waals surface area contributed by atoms with Gasteiger partial charge in [-0.15, -0.1) is 0 Å². The van der Waals surface area contributed by atoms with Gasteiger partial charge < -0.3 is 4.74 Å². The van der Waals surface area contributed by atoms with Gasteiger partial charge >= 0.3 is 5.97 Å². The smallest absolute Gasteiger partial charge is 0.315 e. The lowest BCUT2D eigenvalue weighted by Gasteiger charge is -2.15. The molecule has 1 aromatic carbocycles. The summed E-state index contributed by atoms with van der Waals surface area (Å²) in [5.41, 5.74) is 2.04. The lowest BCUT2D eigenvalue weighted by Crippen LogP contribution is -2.24. The van der Waals surface area contributed by atoms with E-state index in [0.717, 1.165) is 24.0 Å². The molecule has 0 aliphatic carbocycles. The summed E-state index contributed by atoms with van der Waals surface area (Å²) in [6.07, 6.45) is 14.0. The minimum absolute atomic E-state index is 0.319. The first kappa shape index (κ1) is 24.5. The fourth-order valence-electron chi connectivity index (χ4n) is 3.53. The molecule has 0 radical (unpaired) electrons. The summed E-state index contributed by atoms with van der Waals surface area (Å²) >= 11 is 0. The lowest BCUT2D eigenvalue weighted by atomic mass is 9.91. The van der Waals surface area contributed by atoms with Crippen molar-refractivity contribution in [1.29, 1.82) is 5.26 Å². The summed E-state index contributed by atoms with van der Waals surface area (Å²) in [5, 5.41) is 9.24. The van der Waals surface area contributed by atoms with E-state index in [2.05, 4.69) is 23.0 Å². The number of aryl methyl sites for hydroxylation is 1. The summed E-state index contributed by atoms with van der Waals surface area (Å²) in [6.45, 7) is 5.99. The van der Waals surface area contributed by atoms with Crippen molar-refractivity contribution in [3.8, 4) is 23.2 Å². The lowest BCUT2D eigenvalue weighted by molar-refractivity contribution is -0.139. The predicted molar refractivity (Wildman–Crippen MR) is 123 cm³/mol. The van der Waals surface area contributed by atoms with E-state index in [1.807, 2.05) is 31.5 Å². The molecule has 0 fully saturated rings. The van der Waals surface area contributed by atoms with E-state index < -0.39 is 5.92 Å². The number of unbranched alkanes of at least 4 members (excludes halogenated alkanes) is 5. The number of benzene rings is 1. The van der Waals surface area contributed by atoms with Crippen LogP contribution in [0.4, 0.5) is 0 Å². The van der Waals surface area contributed by atoms with Crippen molar-refractivity contribution in [2.24, 2.45) is 11.8 Å². The van der Waals surface area contributed by atoms with Crippen LogP contribution in [0.3, 0.4) is 0 Å². The first-order valence-corrected chi connectivity index (χ1v) is 11.6. The Morgan fingerprint density at radius 3 is 2.26 bits per heavy atom. The summed E-state index contributed by atoms with van der Waals surface area (Å²) in [4.78, 5) is 21.3. The summed E-state index contributed by atoms with van der Waals surface area (Å²) in [5.74, 6) is -0.0193. The highest BCUT2D eigenvalue weighted by atomic mass is 16.5. The molecular weight excluding hydrogens is 386 g/mol. The fourth-order valence-corrected chi connectivity index (χ4v) is 3.53. The molecular formula is C26H35N3O2. The number of esters is 1. The number of nitrogens with zero attached hydrogens (tertiary/aromatic N) is 3. The van der Waals surface area contributed by atoms with Gasteiger partial charge in [0.2, 0.25) is 0 Å². The Balaban J connectivity index is 1.87. The van der Waals surface area contributed by atoms with Gasteiger partial charge in [0, 0.05) is 18.0 Å². The van der Waals surface area contributed by atoms with Crippen molar-refractivity contribution in [1.82, 2.24) is 9.97 Å². The molecule has 0 N–H and O–H groups in total. The maximum Gasteiger partial charge on any atom is 0.315 e. The average molecular weight is 422 g/mol. The molecule has 166 valence electrons. The van der Waals surface area contributed by atoms with Gasteiger partial charge in [0.15, 0.2) is 5.82 Å². The molecule has 0 bridgehead atoms. The van der Waals surface area contributed by atoms with Crippen LogP contribution in [0, 0.1) is 23.2 Å². The first-order valence-electron chi connectivity index (χ1n) is 11.6. The SMILES string of the molecule is CCCCCCCCc1cnc(-c2ccc(OC(=O)C(C)C(C#N)CCC)cc2)nc1. The zero-order chi connectivity index (χ0) is 22.5. The maximum atomic E-state index is 12.3. The molecule has 2 rings (SSSR count). The van der Waals surface area contributed by atoms with E-state index in [1.165, 1.54) is 38.5 Å². The topological polar surface area (TPSA) is 75.9 Å². The third kappa shape index (κ3) is 8.13. The second kappa shape index (κ2) is 13.5. The first-order chi connectivity index (χ1) is 15.1. The molecule has 1 aromatic heterocycles. The summed E-state index contributed by atoms with van der Waals surface area (Å²) in [6, 6.07) is 9.40. The second-order valence-electron chi connectivity index (χ2n) is 8.19. The molecule has 0 saturated heterocycles. The van der Waals surface area contributed by atoms with E-state index >= 15 is 0 Å². The average Bonchev–Trinajstić information content (AvgIpc) is 2.80.